The van der Waals surface area contributed by atoms with Crippen molar-refractivity contribution in [2.75, 3.05) is 4.90 Å². The fraction of sp³-hybridized carbons (Fsp3) is 0.286. The van der Waals surface area contributed by atoms with Crippen molar-refractivity contribution in [3.8, 4) is 0 Å². The zero-order valence-corrected chi connectivity index (χ0v) is 16.1. The summed E-state index contributed by atoms with van der Waals surface area (Å²) in [5.41, 5.74) is 3.41. The Labute approximate surface area is 163 Å². The molecule has 0 saturated heterocycles. The molecule has 0 saturated carbocycles. The van der Waals surface area contributed by atoms with Crippen molar-refractivity contribution < 1.29 is 4.79 Å². The molecule has 1 amide bonds. The van der Waals surface area contributed by atoms with Crippen LogP contribution in [0.1, 0.15) is 48.5 Å². The maximum absolute atomic E-state index is 12.8. The summed E-state index contributed by atoms with van der Waals surface area (Å²) in [6.07, 6.45) is 2.67. The molecule has 0 fully saturated rings. The first kappa shape index (κ1) is 17.7. The van der Waals surface area contributed by atoms with Crippen molar-refractivity contribution in [2.45, 2.75) is 38.8 Å². The zero-order valence-electron chi connectivity index (χ0n) is 15.3. The van der Waals surface area contributed by atoms with E-state index in [0.717, 1.165) is 17.5 Å². The van der Waals surface area contributed by atoms with E-state index >= 15 is 0 Å². The molecule has 2 aromatic carbocycles. The fourth-order valence-corrected chi connectivity index (χ4v) is 3.81. The maximum atomic E-state index is 12.8. The molecular weight excluding hydrogens is 360 g/mol. The summed E-state index contributed by atoms with van der Waals surface area (Å²) in [5, 5.41) is 5.13. The summed E-state index contributed by atoms with van der Waals surface area (Å²) < 4.78 is 1.85. The minimum atomic E-state index is -0.0876. The lowest BCUT2D eigenvalue weighted by molar-refractivity contribution is -0.119. The normalized spacial score (nSPS) is 19.0. The first-order chi connectivity index (χ1) is 13.1. The quantitative estimate of drug-likeness (QED) is 0.660. The van der Waals surface area contributed by atoms with Gasteiger partial charge in [0, 0.05) is 11.4 Å². The molecule has 1 aliphatic heterocycles. The second-order valence-electron chi connectivity index (χ2n) is 6.85. The van der Waals surface area contributed by atoms with Crippen LogP contribution < -0.4 is 4.90 Å². The van der Waals surface area contributed by atoms with Gasteiger partial charge in [-0.25, -0.2) is 4.68 Å². The van der Waals surface area contributed by atoms with Gasteiger partial charge in [0.15, 0.2) is 0 Å². The monoisotopic (exact) mass is 380 g/mol. The highest BCUT2D eigenvalue weighted by molar-refractivity contribution is 6.30. The number of hydrogen-bond donors (Lipinski definition) is 0. The number of benzene rings is 2. The van der Waals surface area contributed by atoms with Crippen LogP contribution >= 0.6 is 11.6 Å². The highest BCUT2D eigenvalue weighted by Crippen LogP contribution is 2.42. The SMILES string of the molecule is CCC(=O)N1c2ncnn2[C@@H](c2ccc(Cl)cc2)C[C@@H]1c1ccc(C)cc1. The van der Waals surface area contributed by atoms with Crippen LogP contribution in [-0.2, 0) is 4.79 Å². The second kappa shape index (κ2) is 7.16. The number of nitrogens with zero attached hydrogens (tertiary/aromatic N) is 4. The van der Waals surface area contributed by atoms with Gasteiger partial charge >= 0.3 is 0 Å². The van der Waals surface area contributed by atoms with Crippen LogP contribution in [0.4, 0.5) is 5.95 Å². The molecule has 6 heteroatoms. The molecule has 2 atom stereocenters. The summed E-state index contributed by atoms with van der Waals surface area (Å²) in [6, 6.07) is 16.1. The molecule has 0 bridgehead atoms. The Balaban J connectivity index is 1.83. The van der Waals surface area contributed by atoms with Crippen LogP contribution in [0.5, 0.6) is 0 Å². The first-order valence-electron chi connectivity index (χ1n) is 9.12. The van der Waals surface area contributed by atoms with Crippen LogP contribution in [-0.4, -0.2) is 20.7 Å². The summed E-state index contributed by atoms with van der Waals surface area (Å²) in [7, 11) is 0. The van der Waals surface area contributed by atoms with E-state index in [1.807, 2.05) is 35.9 Å². The van der Waals surface area contributed by atoms with Crippen molar-refractivity contribution >= 4 is 23.5 Å². The van der Waals surface area contributed by atoms with E-state index in [1.165, 1.54) is 11.9 Å². The molecule has 4 rings (SSSR count). The van der Waals surface area contributed by atoms with E-state index in [-0.39, 0.29) is 18.0 Å². The van der Waals surface area contributed by atoms with E-state index < -0.39 is 0 Å². The van der Waals surface area contributed by atoms with Crippen LogP contribution in [0.2, 0.25) is 5.02 Å². The predicted octanol–water partition coefficient (Wildman–Crippen LogP) is 4.72. The highest BCUT2D eigenvalue weighted by Gasteiger charge is 2.38. The zero-order chi connectivity index (χ0) is 19.0. The molecule has 0 N–H and O–H groups in total. The van der Waals surface area contributed by atoms with E-state index in [0.29, 0.717) is 17.4 Å². The van der Waals surface area contributed by atoms with Crippen LogP contribution in [0.15, 0.2) is 54.9 Å². The van der Waals surface area contributed by atoms with Crippen LogP contribution in [0.3, 0.4) is 0 Å². The number of fused-ring (bicyclic) bond motifs is 1. The van der Waals surface area contributed by atoms with Crippen LogP contribution in [0.25, 0.3) is 0 Å². The average molecular weight is 381 g/mol. The number of carbonyl (C=O) groups excluding carboxylic acids is 1. The van der Waals surface area contributed by atoms with Gasteiger partial charge in [0.1, 0.15) is 6.33 Å². The summed E-state index contributed by atoms with van der Waals surface area (Å²) >= 11 is 6.06. The number of anilines is 1. The second-order valence-corrected chi connectivity index (χ2v) is 7.29. The van der Waals surface area contributed by atoms with Crippen molar-refractivity contribution in [2.24, 2.45) is 0 Å². The van der Waals surface area contributed by atoms with Gasteiger partial charge in [-0.3, -0.25) is 9.69 Å². The van der Waals surface area contributed by atoms with Gasteiger partial charge in [0.25, 0.3) is 0 Å². The third-order valence-corrected chi connectivity index (χ3v) is 5.36. The Morgan fingerprint density at radius 3 is 2.37 bits per heavy atom. The lowest BCUT2D eigenvalue weighted by Gasteiger charge is -2.39. The van der Waals surface area contributed by atoms with Crippen molar-refractivity contribution in [3.63, 3.8) is 0 Å². The standard InChI is InChI=1S/C21H21ClN4O/c1-3-20(27)25-18(15-6-4-14(2)5-7-15)12-19(26-21(25)23-13-24-26)16-8-10-17(22)11-9-16/h4-11,13,18-19H,3,12H2,1-2H3/t18-,19-/m1/s1. The Morgan fingerprint density at radius 1 is 1.07 bits per heavy atom. The molecule has 0 radical (unpaired) electrons. The lowest BCUT2D eigenvalue weighted by atomic mass is 9.91. The number of amides is 1. The molecule has 5 nitrogen and oxygen atoms in total. The Bertz CT molecular complexity index is 949. The number of halogens is 1. The Hall–Kier alpha value is -2.66. The molecule has 1 aliphatic rings. The maximum Gasteiger partial charge on any atom is 0.231 e. The van der Waals surface area contributed by atoms with Gasteiger partial charge in [-0.1, -0.05) is 60.5 Å². The Kier molecular flexibility index (Phi) is 4.70. The van der Waals surface area contributed by atoms with Gasteiger partial charge < -0.3 is 0 Å². The molecule has 0 unspecified atom stereocenters. The minimum Gasteiger partial charge on any atom is -0.274 e. The van der Waals surface area contributed by atoms with Crippen molar-refractivity contribution in [3.05, 3.63) is 76.6 Å². The third kappa shape index (κ3) is 3.23. The highest BCUT2D eigenvalue weighted by atomic mass is 35.5. The van der Waals surface area contributed by atoms with E-state index in [9.17, 15) is 4.79 Å². The molecular formula is C21H21ClN4O. The summed E-state index contributed by atoms with van der Waals surface area (Å²) in [5.74, 6) is 0.642. The van der Waals surface area contributed by atoms with E-state index in [2.05, 4.69) is 41.3 Å². The molecule has 138 valence electrons. The van der Waals surface area contributed by atoms with E-state index in [1.54, 1.807) is 4.90 Å². The summed E-state index contributed by atoms with van der Waals surface area (Å²) in [4.78, 5) is 19.0. The number of carbonyl (C=O) groups is 1. The minimum absolute atomic E-state index is 0.00743. The number of rotatable bonds is 3. The van der Waals surface area contributed by atoms with Gasteiger partial charge in [0.2, 0.25) is 11.9 Å². The molecule has 0 aliphatic carbocycles. The van der Waals surface area contributed by atoms with Gasteiger partial charge in [-0.15, -0.1) is 0 Å². The summed E-state index contributed by atoms with van der Waals surface area (Å²) in [6.45, 7) is 3.94. The molecule has 3 aromatic rings. The largest absolute Gasteiger partial charge is 0.274 e. The van der Waals surface area contributed by atoms with Crippen LogP contribution in [0, 0.1) is 6.92 Å². The lowest BCUT2D eigenvalue weighted by Crippen LogP contribution is -2.42. The van der Waals surface area contributed by atoms with Gasteiger partial charge in [-0.2, -0.15) is 10.1 Å². The number of hydrogen-bond acceptors (Lipinski definition) is 3. The van der Waals surface area contributed by atoms with Gasteiger partial charge in [-0.05, 0) is 36.6 Å². The molecule has 1 aromatic heterocycles. The number of aromatic nitrogens is 3. The van der Waals surface area contributed by atoms with E-state index in [4.69, 9.17) is 11.6 Å². The average Bonchev–Trinajstić information content (AvgIpc) is 3.17. The third-order valence-electron chi connectivity index (χ3n) is 5.11. The molecule has 0 spiro atoms. The topological polar surface area (TPSA) is 51.0 Å². The van der Waals surface area contributed by atoms with Crippen molar-refractivity contribution in [1.29, 1.82) is 0 Å². The van der Waals surface area contributed by atoms with Crippen molar-refractivity contribution in [1.82, 2.24) is 14.8 Å². The first-order valence-corrected chi connectivity index (χ1v) is 9.50. The van der Waals surface area contributed by atoms with Gasteiger partial charge in [0.05, 0.1) is 12.1 Å². The number of aryl methyl sites for hydroxylation is 1. The molecule has 27 heavy (non-hydrogen) atoms. The predicted molar refractivity (Wildman–Crippen MR) is 106 cm³/mol. The molecule has 2 heterocycles. The Morgan fingerprint density at radius 2 is 1.70 bits per heavy atom. The smallest absolute Gasteiger partial charge is 0.231 e. The fourth-order valence-electron chi connectivity index (χ4n) is 3.68.